The van der Waals surface area contributed by atoms with Crippen molar-refractivity contribution in [2.75, 3.05) is 18.4 Å². The molecule has 1 aliphatic rings. The summed E-state index contributed by atoms with van der Waals surface area (Å²) >= 11 is 0. The molecule has 20 heavy (non-hydrogen) atoms. The van der Waals surface area contributed by atoms with E-state index in [9.17, 15) is 9.59 Å². The van der Waals surface area contributed by atoms with Crippen molar-refractivity contribution in [3.8, 4) is 12.3 Å². The molecule has 0 aliphatic carbocycles. The normalized spacial score (nSPS) is 18.1. The summed E-state index contributed by atoms with van der Waals surface area (Å²) in [5.74, 6) is 1.17. The van der Waals surface area contributed by atoms with Crippen LogP contribution in [0.3, 0.4) is 0 Å². The summed E-state index contributed by atoms with van der Waals surface area (Å²) in [5, 5.41) is 11.8. The highest BCUT2D eigenvalue weighted by Gasteiger charge is 2.28. The molecule has 2 rings (SSSR count). The first-order valence-corrected chi connectivity index (χ1v) is 6.45. The van der Waals surface area contributed by atoms with Crippen molar-refractivity contribution in [1.29, 1.82) is 0 Å². The molecule has 2 N–H and O–H groups in total. The molecule has 1 saturated heterocycles. The van der Waals surface area contributed by atoms with Crippen LogP contribution in [-0.4, -0.2) is 35.1 Å². The molecule has 1 atom stereocenters. The van der Waals surface area contributed by atoms with Gasteiger partial charge < -0.3 is 15.3 Å². The summed E-state index contributed by atoms with van der Waals surface area (Å²) < 4.78 is 0. The van der Waals surface area contributed by atoms with Gasteiger partial charge in [-0.3, -0.25) is 4.79 Å². The van der Waals surface area contributed by atoms with Crippen molar-refractivity contribution < 1.29 is 14.7 Å². The first-order chi connectivity index (χ1) is 9.60. The lowest BCUT2D eigenvalue weighted by atomic mass is 9.99. The summed E-state index contributed by atoms with van der Waals surface area (Å²) in [6, 6.07) is 6.71. The number of likely N-dealkylation sites (tertiary alicyclic amines) is 1. The van der Waals surface area contributed by atoms with Gasteiger partial charge in [-0.25, -0.2) is 4.79 Å². The molecule has 1 unspecified atom stereocenters. The van der Waals surface area contributed by atoms with Gasteiger partial charge in [0.25, 0.3) is 0 Å². The van der Waals surface area contributed by atoms with Gasteiger partial charge in [0.1, 0.15) is 0 Å². The molecular formula is C15H16N2O3. The molecule has 0 radical (unpaired) electrons. The zero-order valence-electron chi connectivity index (χ0n) is 11.0. The van der Waals surface area contributed by atoms with Crippen LogP contribution in [0.25, 0.3) is 0 Å². The molecule has 1 aromatic rings. The van der Waals surface area contributed by atoms with Crippen LogP contribution >= 0.6 is 0 Å². The Labute approximate surface area is 117 Å². The molecule has 1 aliphatic heterocycles. The number of piperidine rings is 1. The van der Waals surface area contributed by atoms with Gasteiger partial charge in [-0.1, -0.05) is 12.0 Å². The van der Waals surface area contributed by atoms with Gasteiger partial charge in [-0.2, -0.15) is 0 Å². The lowest BCUT2D eigenvalue weighted by molar-refractivity contribution is -0.143. The number of carbonyl (C=O) groups excluding carboxylic acids is 1. The average Bonchev–Trinajstić information content (AvgIpc) is 2.47. The number of benzene rings is 1. The average molecular weight is 272 g/mol. The molecule has 5 heteroatoms. The van der Waals surface area contributed by atoms with E-state index >= 15 is 0 Å². The van der Waals surface area contributed by atoms with Gasteiger partial charge in [-0.05, 0) is 31.0 Å². The number of aliphatic carboxylic acids is 1. The molecule has 1 heterocycles. The van der Waals surface area contributed by atoms with Crippen LogP contribution in [0.5, 0.6) is 0 Å². The minimum absolute atomic E-state index is 0.246. The summed E-state index contributed by atoms with van der Waals surface area (Å²) in [6.45, 7) is 0.820. The minimum atomic E-state index is -0.850. The minimum Gasteiger partial charge on any atom is -0.481 e. The number of hydrogen-bond donors (Lipinski definition) is 2. The fourth-order valence-electron chi connectivity index (χ4n) is 2.25. The van der Waals surface area contributed by atoms with Gasteiger partial charge in [0.15, 0.2) is 0 Å². The summed E-state index contributed by atoms with van der Waals surface area (Å²) in [4.78, 5) is 24.6. The molecule has 0 bridgehead atoms. The third-order valence-corrected chi connectivity index (χ3v) is 3.34. The Bertz CT molecular complexity index is 562. The topological polar surface area (TPSA) is 69.6 Å². The third-order valence-electron chi connectivity index (χ3n) is 3.34. The Kier molecular flexibility index (Phi) is 4.26. The van der Waals surface area contributed by atoms with Crippen LogP contribution < -0.4 is 5.32 Å². The van der Waals surface area contributed by atoms with Crippen LogP contribution in [0.15, 0.2) is 24.3 Å². The molecule has 2 amide bonds. The summed E-state index contributed by atoms with van der Waals surface area (Å²) in [6.07, 6.45) is 6.63. The van der Waals surface area contributed by atoms with E-state index in [0.29, 0.717) is 30.6 Å². The van der Waals surface area contributed by atoms with E-state index in [-0.39, 0.29) is 12.6 Å². The molecule has 5 nitrogen and oxygen atoms in total. The number of nitrogens with zero attached hydrogens (tertiary/aromatic N) is 1. The lowest BCUT2D eigenvalue weighted by Crippen LogP contribution is -2.44. The van der Waals surface area contributed by atoms with Gasteiger partial charge >= 0.3 is 12.0 Å². The van der Waals surface area contributed by atoms with E-state index in [1.807, 2.05) is 0 Å². The van der Waals surface area contributed by atoms with Gasteiger partial charge in [0.05, 0.1) is 5.92 Å². The SMILES string of the molecule is C#Cc1cccc(NC(=O)N2CCCC(C(=O)O)C2)c1. The molecule has 0 saturated carbocycles. The van der Waals surface area contributed by atoms with Crippen LogP contribution in [0, 0.1) is 18.3 Å². The highest BCUT2D eigenvalue weighted by atomic mass is 16.4. The first kappa shape index (κ1) is 13.9. The highest BCUT2D eigenvalue weighted by Crippen LogP contribution is 2.18. The second-order valence-corrected chi connectivity index (χ2v) is 4.78. The number of hydrogen-bond acceptors (Lipinski definition) is 2. The van der Waals surface area contributed by atoms with Crippen molar-refractivity contribution in [3.63, 3.8) is 0 Å². The maximum absolute atomic E-state index is 12.1. The Morgan fingerprint density at radius 2 is 2.25 bits per heavy atom. The number of amides is 2. The van der Waals surface area contributed by atoms with Crippen LogP contribution in [0.2, 0.25) is 0 Å². The van der Waals surface area contributed by atoms with E-state index < -0.39 is 11.9 Å². The molecule has 1 aromatic carbocycles. The number of carbonyl (C=O) groups is 2. The Balaban J connectivity index is 2.01. The quantitative estimate of drug-likeness (QED) is 0.809. The third kappa shape index (κ3) is 3.29. The Morgan fingerprint density at radius 3 is 2.95 bits per heavy atom. The molecular weight excluding hydrogens is 256 g/mol. The van der Waals surface area contributed by atoms with Crippen molar-refractivity contribution in [2.45, 2.75) is 12.8 Å². The number of urea groups is 1. The predicted molar refractivity (Wildman–Crippen MR) is 75.3 cm³/mol. The van der Waals surface area contributed by atoms with Gasteiger partial charge in [-0.15, -0.1) is 6.42 Å². The van der Waals surface area contributed by atoms with Crippen LogP contribution in [0.1, 0.15) is 18.4 Å². The second kappa shape index (κ2) is 6.11. The Hall–Kier alpha value is -2.48. The van der Waals surface area contributed by atoms with Crippen molar-refractivity contribution in [3.05, 3.63) is 29.8 Å². The van der Waals surface area contributed by atoms with E-state index in [1.54, 1.807) is 24.3 Å². The van der Waals surface area contributed by atoms with Crippen LogP contribution in [-0.2, 0) is 4.79 Å². The fourth-order valence-corrected chi connectivity index (χ4v) is 2.25. The van der Waals surface area contributed by atoms with Gasteiger partial charge in [0, 0.05) is 24.3 Å². The van der Waals surface area contributed by atoms with E-state index in [1.165, 1.54) is 4.90 Å². The number of rotatable bonds is 2. The molecule has 0 aromatic heterocycles. The zero-order valence-corrected chi connectivity index (χ0v) is 11.0. The van der Waals surface area contributed by atoms with Crippen LogP contribution in [0.4, 0.5) is 10.5 Å². The van der Waals surface area contributed by atoms with E-state index in [0.717, 1.165) is 0 Å². The van der Waals surface area contributed by atoms with Crippen molar-refractivity contribution in [1.82, 2.24) is 4.90 Å². The predicted octanol–water partition coefficient (Wildman–Crippen LogP) is 2.00. The van der Waals surface area contributed by atoms with E-state index in [4.69, 9.17) is 11.5 Å². The largest absolute Gasteiger partial charge is 0.481 e. The number of terminal acetylenes is 1. The maximum Gasteiger partial charge on any atom is 0.321 e. The summed E-state index contributed by atoms with van der Waals surface area (Å²) in [7, 11) is 0. The zero-order chi connectivity index (χ0) is 14.5. The molecule has 0 spiro atoms. The standard InChI is InChI=1S/C15H16N2O3/c1-2-11-5-3-7-13(9-11)16-15(20)17-8-4-6-12(10-17)14(18)19/h1,3,5,7,9,12H,4,6,8,10H2,(H,16,20)(H,18,19). The molecule has 104 valence electrons. The number of carboxylic acids is 1. The lowest BCUT2D eigenvalue weighted by Gasteiger charge is -2.30. The first-order valence-electron chi connectivity index (χ1n) is 6.45. The Morgan fingerprint density at radius 1 is 1.45 bits per heavy atom. The van der Waals surface area contributed by atoms with Gasteiger partial charge in [0.2, 0.25) is 0 Å². The smallest absolute Gasteiger partial charge is 0.321 e. The highest BCUT2D eigenvalue weighted by molar-refractivity contribution is 5.90. The summed E-state index contributed by atoms with van der Waals surface area (Å²) in [5.41, 5.74) is 1.30. The molecule has 1 fully saturated rings. The number of carboxylic acid groups (broad SMARTS) is 1. The number of anilines is 1. The second-order valence-electron chi connectivity index (χ2n) is 4.78. The fraction of sp³-hybridized carbons (Fsp3) is 0.333. The monoisotopic (exact) mass is 272 g/mol. The maximum atomic E-state index is 12.1. The van der Waals surface area contributed by atoms with Crippen molar-refractivity contribution in [2.24, 2.45) is 5.92 Å². The van der Waals surface area contributed by atoms with E-state index in [2.05, 4.69) is 11.2 Å². The number of nitrogens with one attached hydrogen (secondary N) is 1. The van der Waals surface area contributed by atoms with Crippen molar-refractivity contribution >= 4 is 17.7 Å².